The number of aliphatic hydroxyl groups excluding tert-OH is 1. The zero-order valence-electron chi connectivity index (χ0n) is 10.7. The minimum Gasteiger partial charge on any atom is -0.374 e. The number of likely N-dealkylation sites (tertiary alicyclic amines) is 1. The minimum atomic E-state index is -0.592. The lowest BCUT2D eigenvalue weighted by Crippen LogP contribution is -2.33. The normalized spacial score (nSPS) is 18.6. The molecule has 1 saturated heterocycles. The molecule has 0 amide bonds. The Morgan fingerprint density at radius 2 is 1.89 bits per heavy atom. The van der Waals surface area contributed by atoms with Gasteiger partial charge in [-0.25, -0.2) is 4.98 Å². The summed E-state index contributed by atoms with van der Waals surface area (Å²) in [4.78, 5) is 6.41. The van der Waals surface area contributed by atoms with Crippen LogP contribution in [0.25, 0.3) is 10.9 Å². The highest BCUT2D eigenvalue weighted by Crippen LogP contribution is 2.29. The highest BCUT2D eigenvalue weighted by atomic mass is 35.5. The number of aromatic nitrogens is 1. The monoisotopic (exact) mass is 276 g/mol. The van der Waals surface area contributed by atoms with Gasteiger partial charge in [0.2, 0.25) is 0 Å². The van der Waals surface area contributed by atoms with Crippen LogP contribution in [0.4, 0.5) is 0 Å². The Morgan fingerprint density at radius 3 is 2.68 bits per heavy atom. The molecule has 100 valence electrons. The fourth-order valence-electron chi connectivity index (χ4n) is 2.74. The first-order valence-electron chi connectivity index (χ1n) is 6.73. The van der Waals surface area contributed by atoms with E-state index in [2.05, 4.69) is 9.88 Å². The summed E-state index contributed by atoms with van der Waals surface area (Å²) in [5, 5.41) is 12.0. The van der Waals surface area contributed by atoms with Crippen molar-refractivity contribution < 1.29 is 5.11 Å². The minimum absolute atomic E-state index is 0.435. The number of rotatable bonds is 2. The van der Waals surface area contributed by atoms with Crippen molar-refractivity contribution in [2.24, 2.45) is 0 Å². The number of nitrogens with zero attached hydrogens (tertiary/aromatic N) is 2. The molecular formula is C15H17ClN2O. The van der Waals surface area contributed by atoms with Crippen LogP contribution in [0.1, 0.15) is 31.1 Å². The summed E-state index contributed by atoms with van der Waals surface area (Å²) in [6.07, 6.45) is 2.95. The van der Waals surface area contributed by atoms with E-state index in [1.807, 2.05) is 24.3 Å². The van der Waals surface area contributed by atoms with Gasteiger partial charge in [-0.1, -0.05) is 36.2 Å². The highest BCUT2D eigenvalue weighted by molar-refractivity contribution is 6.29. The molecule has 1 unspecified atom stereocenters. The van der Waals surface area contributed by atoms with E-state index in [0.29, 0.717) is 5.15 Å². The van der Waals surface area contributed by atoms with Crippen molar-refractivity contribution in [1.29, 1.82) is 0 Å². The van der Waals surface area contributed by atoms with E-state index in [1.165, 1.54) is 6.42 Å². The van der Waals surface area contributed by atoms with Crippen LogP contribution in [0.2, 0.25) is 5.15 Å². The standard InChI is InChI=1S/C15H17ClN2O/c16-14-10-12(11-6-2-3-7-13(11)17-14)15(19)18-8-4-1-5-9-18/h2-3,6-7,10,15,19H,1,4-5,8-9H2. The Kier molecular flexibility index (Phi) is 3.69. The number of hydrogen-bond acceptors (Lipinski definition) is 3. The summed E-state index contributed by atoms with van der Waals surface area (Å²) >= 11 is 6.07. The third-order valence-corrected chi connectivity index (χ3v) is 3.93. The molecule has 1 aromatic carbocycles. The zero-order chi connectivity index (χ0) is 13.2. The Labute approximate surface area is 117 Å². The summed E-state index contributed by atoms with van der Waals surface area (Å²) in [6, 6.07) is 9.59. The molecule has 2 heterocycles. The molecule has 0 spiro atoms. The Balaban J connectivity index is 2.03. The maximum absolute atomic E-state index is 10.6. The molecule has 19 heavy (non-hydrogen) atoms. The second kappa shape index (κ2) is 5.45. The predicted octanol–water partition coefficient (Wildman–Crippen LogP) is 3.37. The van der Waals surface area contributed by atoms with Crippen LogP contribution < -0.4 is 0 Å². The first-order valence-corrected chi connectivity index (χ1v) is 7.11. The van der Waals surface area contributed by atoms with Gasteiger partial charge in [0.15, 0.2) is 0 Å². The van der Waals surface area contributed by atoms with Gasteiger partial charge >= 0.3 is 0 Å². The van der Waals surface area contributed by atoms with Crippen molar-refractivity contribution in [3.8, 4) is 0 Å². The van der Waals surface area contributed by atoms with E-state index in [4.69, 9.17) is 11.6 Å². The smallest absolute Gasteiger partial charge is 0.134 e. The van der Waals surface area contributed by atoms with Crippen LogP contribution in [0.15, 0.2) is 30.3 Å². The van der Waals surface area contributed by atoms with Crippen molar-refractivity contribution in [2.75, 3.05) is 13.1 Å². The second-order valence-electron chi connectivity index (χ2n) is 5.02. The quantitative estimate of drug-likeness (QED) is 0.855. The first kappa shape index (κ1) is 12.9. The van der Waals surface area contributed by atoms with Gasteiger partial charge in [-0.05, 0) is 25.0 Å². The molecule has 2 aromatic rings. The Bertz CT molecular complexity index is 581. The Hall–Kier alpha value is -1.16. The van der Waals surface area contributed by atoms with Crippen LogP contribution in [-0.4, -0.2) is 28.1 Å². The van der Waals surface area contributed by atoms with E-state index >= 15 is 0 Å². The molecule has 0 radical (unpaired) electrons. The summed E-state index contributed by atoms with van der Waals surface area (Å²) < 4.78 is 0. The fourth-order valence-corrected chi connectivity index (χ4v) is 2.95. The van der Waals surface area contributed by atoms with Gasteiger partial charge < -0.3 is 5.11 Å². The van der Waals surface area contributed by atoms with E-state index in [0.717, 1.165) is 42.4 Å². The number of para-hydroxylation sites is 1. The number of hydrogen-bond donors (Lipinski definition) is 1. The molecule has 3 rings (SSSR count). The fraction of sp³-hybridized carbons (Fsp3) is 0.400. The van der Waals surface area contributed by atoms with Crippen LogP contribution in [0, 0.1) is 0 Å². The van der Waals surface area contributed by atoms with Crippen molar-refractivity contribution in [3.05, 3.63) is 41.0 Å². The third-order valence-electron chi connectivity index (χ3n) is 3.73. The number of piperidine rings is 1. The van der Waals surface area contributed by atoms with Gasteiger partial charge in [-0.2, -0.15) is 0 Å². The Morgan fingerprint density at radius 1 is 1.16 bits per heavy atom. The van der Waals surface area contributed by atoms with Gasteiger partial charge in [0.05, 0.1) is 5.52 Å². The molecule has 3 nitrogen and oxygen atoms in total. The van der Waals surface area contributed by atoms with Gasteiger partial charge in [0.25, 0.3) is 0 Å². The average Bonchev–Trinajstić information content (AvgIpc) is 2.46. The van der Waals surface area contributed by atoms with Crippen LogP contribution >= 0.6 is 11.6 Å². The second-order valence-corrected chi connectivity index (χ2v) is 5.41. The van der Waals surface area contributed by atoms with Crippen molar-refractivity contribution in [2.45, 2.75) is 25.5 Å². The maximum Gasteiger partial charge on any atom is 0.134 e. The van der Waals surface area contributed by atoms with Gasteiger partial charge in [-0.15, -0.1) is 0 Å². The molecule has 1 aliphatic rings. The van der Waals surface area contributed by atoms with Crippen molar-refractivity contribution in [1.82, 2.24) is 9.88 Å². The molecule has 0 saturated carbocycles. The maximum atomic E-state index is 10.6. The number of pyridine rings is 1. The molecule has 0 bridgehead atoms. The lowest BCUT2D eigenvalue weighted by Gasteiger charge is -2.31. The van der Waals surface area contributed by atoms with Crippen molar-refractivity contribution >= 4 is 22.5 Å². The van der Waals surface area contributed by atoms with Gasteiger partial charge in [0, 0.05) is 24.0 Å². The summed E-state index contributed by atoms with van der Waals surface area (Å²) in [5.74, 6) is 0. The topological polar surface area (TPSA) is 36.4 Å². The van der Waals surface area contributed by atoms with E-state index in [-0.39, 0.29) is 0 Å². The van der Waals surface area contributed by atoms with Crippen LogP contribution in [-0.2, 0) is 0 Å². The van der Waals surface area contributed by atoms with Crippen LogP contribution in [0.5, 0.6) is 0 Å². The molecular weight excluding hydrogens is 260 g/mol. The SMILES string of the molecule is OC(c1cc(Cl)nc2ccccc12)N1CCCCC1. The predicted molar refractivity (Wildman–Crippen MR) is 77.1 cm³/mol. The molecule has 1 fully saturated rings. The summed E-state index contributed by atoms with van der Waals surface area (Å²) in [6.45, 7) is 1.88. The van der Waals surface area contributed by atoms with Crippen molar-refractivity contribution in [3.63, 3.8) is 0 Å². The van der Waals surface area contributed by atoms with E-state index in [9.17, 15) is 5.11 Å². The third kappa shape index (κ3) is 2.59. The first-order chi connectivity index (χ1) is 9.25. The summed E-state index contributed by atoms with van der Waals surface area (Å²) in [7, 11) is 0. The molecule has 0 aliphatic carbocycles. The average molecular weight is 277 g/mol. The molecule has 1 aromatic heterocycles. The van der Waals surface area contributed by atoms with Gasteiger partial charge in [-0.3, -0.25) is 4.90 Å². The number of halogens is 1. The van der Waals surface area contributed by atoms with E-state index < -0.39 is 6.23 Å². The lowest BCUT2D eigenvalue weighted by atomic mass is 10.0. The molecule has 1 aliphatic heterocycles. The molecule has 1 N–H and O–H groups in total. The number of aliphatic hydroxyl groups is 1. The zero-order valence-corrected chi connectivity index (χ0v) is 11.5. The number of benzene rings is 1. The van der Waals surface area contributed by atoms with E-state index in [1.54, 1.807) is 6.07 Å². The van der Waals surface area contributed by atoms with Crippen LogP contribution in [0.3, 0.4) is 0 Å². The van der Waals surface area contributed by atoms with Gasteiger partial charge in [0.1, 0.15) is 11.4 Å². The lowest BCUT2D eigenvalue weighted by molar-refractivity contribution is -0.00880. The molecule has 4 heteroatoms. The number of fused-ring (bicyclic) bond motifs is 1. The molecule has 1 atom stereocenters. The summed E-state index contributed by atoms with van der Waals surface area (Å²) in [5.41, 5.74) is 1.69. The highest BCUT2D eigenvalue weighted by Gasteiger charge is 2.22. The largest absolute Gasteiger partial charge is 0.374 e.